The molecule has 0 aliphatic rings. The van der Waals surface area contributed by atoms with E-state index in [0.717, 1.165) is 5.75 Å². The Morgan fingerprint density at radius 3 is 2.45 bits per heavy atom. The molecule has 0 aliphatic heterocycles. The number of rotatable bonds is 12. The quantitative estimate of drug-likeness (QED) is 0.337. The van der Waals surface area contributed by atoms with Crippen molar-refractivity contribution in [2.24, 2.45) is 0 Å². The minimum Gasteiger partial charge on any atom is -0.490 e. The third-order valence-corrected chi connectivity index (χ3v) is 2.74. The van der Waals surface area contributed by atoms with Crippen molar-refractivity contribution in [1.29, 1.82) is 0 Å². The zero-order valence-electron chi connectivity index (χ0n) is 13.1. The Bertz CT molecular complexity index is 430. The second kappa shape index (κ2) is 11.8. The zero-order chi connectivity index (χ0) is 16.0. The normalized spacial score (nSPS) is 10.2. The van der Waals surface area contributed by atoms with Gasteiger partial charge in [0.15, 0.2) is 0 Å². The van der Waals surface area contributed by atoms with Crippen molar-refractivity contribution >= 4 is 5.97 Å². The minimum atomic E-state index is -0.412. The first-order chi connectivity index (χ1) is 10.7. The summed E-state index contributed by atoms with van der Waals surface area (Å²) in [5, 5.41) is 0. The van der Waals surface area contributed by atoms with E-state index in [1.807, 2.05) is 37.3 Å². The van der Waals surface area contributed by atoms with E-state index in [9.17, 15) is 4.79 Å². The number of hydrogen-bond donors (Lipinski definition) is 0. The van der Waals surface area contributed by atoms with Gasteiger partial charge in [0.05, 0.1) is 19.8 Å². The topological polar surface area (TPSA) is 54.0 Å². The molecule has 0 atom stereocenters. The fourth-order valence-corrected chi connectivity index (χ4v) is 1.57. The predicted molar refractivity (Wildman–Crippen MR) is 84.0 cm³/mol. The number of ether oxygens (including phenoxy) is 4. The summed E-state index contributed by atoms with van der Waals surface area (Å²) in [5.74, 6) is 0.338. The molecule has 0 bridgehead atoms. The van der Waals surface area contributed by atoms with Gasteiger partial charge in [-0.2, -0.15) is 0 Å². The molecule has 0 heterocycles. The van der Waals surface area contributed by atoms with Crippen LogP contribution in [0.25, 0.3) is 0 Å². The molecule has 0 aliphatic carbocycles. The minimum absolute atomic E-state index is 0.192. The molecule has 1 aromatic carbocycles. The molecule has 0 saturated carbocycles. The van der Waals surface area contributed by atoms with Gasteiger partial charge in [0.1, 0.15) is 19.0 Å². The van der Waals surface area contributed by atoms with Gasteiger partial charge in [-0.1, -0.05) is 24.8 Å². The molecular weight excluding hydrogens is 284 g/mol. The van der Waals surface area contributed by atoms with Gasteiger partial charge in [-0.15, -0.1) is 0 Å². The van der Waals surface area contributed by atoms with E-state index in [1.54, 1.807) is 0 Å². The Balaban J connectivity index is 2.03. The van der Waals surface area contributed by atoms with E-state index >= 15 is 0 Å². The number of carbonyl (C=O) groups is 1. The molecule has 0 unspecified atom stereocenters. The van der Waals surface area contributed by atoms with Gasteiger partial charge in [0.2, 0.25) is 0 Å². The van der Waals surface area contributed by atoms with E-state index < -0.39 is 5.97 Å². The van der Waals surface area contributed by atoms with Gasteiger partial charge in [0.25, 0.3) is 0 Å². The molecule has 0 fully saturated rings. The summed E-state index contributed by atoms with van der Waals surface area (Å²) < 4.78 is 21.0. The second-order valence-corrected chi connectivity index (χ2v) is 4.46. The van der Waals surface area contributed by atoms with Gasteiger partial charge in [-0.3, -0.25) is 0 Å². The van der Waals surface area contributed by atoms with Crippen LogP contribution >= 0.6 is 0 Å². The monoisotopic (exact) mass is 308 g/mol. The second-order valence-electron chi connectivity index (χ2n) is 4.46. The van der Waals surface area contributed by atoms with Crippen molar-refractivity contribution in [2.45, 2.75) is 13.3 Å². The summed E-state index contributed by atoms with van der Waals surface area (Å²) in [6.45, 7) is 8.32. The van der Waals surface area contributed by atoms with Crippen LogP contribution in [0.15, 0.2) is 42.5 Å². The molecule has 0 spiro atoms. The van der Waals surface area contributed by atoms with Crippen LogP contribution in [-0.4, -0.2) is 45.6 Å². The Morgan fingerprint density at radius 2 is 1.73 bits per heavy atom. The van der Waals surface area contributed by atoms with Gasteiger partial charge in [-0.05, 0) is 19.1 Å². The summed E-state index contributed by atoms with van der Waals surface area (Å²) in [7, 11) is 0. The van der Waals surface area contributed by atoms with Crippen LogP contribution in [0.1, 0.15) is 13.3 Å². The highest BCUT2D eigenvalue weighted by Crippen LogP contribution is 2.08. The average Bonchev–Trinajstić information content (AvgIpc) is 2.55. The van der Waals surface area contributed by atoms with Crippen LogP contribution in [0.2, 0.25) is 0 Å². The van der Waals surface area contributed by atoms with Crippen LogP contribution in [0.5, 0.6) is 5.75 Å². The molecule has 122 valence electrons. The zero-order valence-corrected chi connectivity index (χ0v) is 13.1. The lowest BCUT2D eigenvalue weighted by Gasteiger charge is -2.09. The molecule has 0 aromatic heterocycles. The third-order valence-electron chi connectivity index (χ3n) is 2.74. The number of para-hydroxylation sites is 1. The summed E-state index contributed by atoms with van der Waals surface area (Å²) in [5.41, 5.74) is 0.399. The Kier molecular flexibility index (Phi) is 9.74. The number of esters is 1. The lowest BCUT2D eigenvalue weighted by molar-refractivity contribution is -0.140. The van der Waals surface area contributed by atoms with Crippen molar-refractivity contribution in [3.05, 3.63) is 42.5 Å². The Morgan fingerprint density at radius 1 is 1.00 bits per heavy atom. The fraction of sp³-hybridized carbons (Fsp3) is 0.471. The summed E-state index contributed by atoms with van der Waals surface area (Å²) >= 11 is 0. The van der Waals surface area contributed by atoms with Crippen molar-refractivity contribution in [1.82, 2.24) is 0 Å². The standard InChI is InChI=1S/C17H24O5/c1-3-19-11-12-20-10-9-15(2)17(18)22-14-13-21-16-7-5-4-6-8-16/h4-8H,2-3,9-14H2,1H3. The highest BCUT2D eigenvalue weighted by Gasteiger charge is 2.08. The molecule has 1 rings (SSSR count). The summed E-state index contributed by atoms with van der Waals surface area (Å²) in [6.07, 6.45) is 0.449. The Labute approximate surface area is 131 Å². The van der Waals surface area contributed by atoms with Gasteiger partial charge in [0, 0.05) is 18.6 Å². The molecule has 22 heavy (non-hydrogen) atoms. The first kappa shape index (κ1) is 18.2. The molecule has 5 heteroatoms. The maximum absolute atomic E-state index is 11.7. The summed E-state index contributed by atoms with van der Waals surface area (Å²) in [4.78, 5) is 11.7. The van der Waals surface area contributed by atoms with Crippen LogP contribution < -0.4 is 4.74 Å². The molecule has 5 nitrogen and oxygen atoms in total. The first-order valence-electron chi connectivity index (χ1n) is 7.42. The SMILES string of the molecule is C=C(CCOCCOCC)C(=O)OCCOc1ccccc1. The van der Waals surface area contributed by atoms with Crippen LogP contribution in [0.4, 0.5) is 0 Å². The van der Waals surface area contributed by atoms with E-state index in [4.69, 9.17) is 18.9 Å². The molecular formula is C17H24O5. The van der Waals surface area contributed by atoms with E-state index in [-0.39, 0.29) is 6.61 Å². The number of hydrogen-bond acceptors (Lipinski definition) is 5. The van der Waals surface area contributed by atoms with Crippen molar-refractivity contribution in [3.63, 3.8) is 0 Å². The van der Waals surface area contributed by atoms with Crippen LogP contribution in [0.3, 0.4) is 0 Å². The van der Waals surface area contributed by atoms with Gasteiger partial charge in [-0.25, -0.2) is 4.79 Å². The van der Waals surface area contributed by atoms with Gasteiger partial charge >= 0.3 is 5.97 Å². The number of carbonyl (C=O) groups excluding carboxylic acids is 1. The number of benzene rings is 1. The van der Waals surface area contributed by atoms with Crippen molar-refractivity contribution in [3.8, 4) is 5.75 Å². The maximum Gasteiger partial charge on any atom is 0.333 e. The third kappa shape index (κ3) is 8.44. The molecule has 0 amide bonds. The van der Waals surface area contributed by atoms with E-state index in [0.29, 0.717) is 45.0 Å². The first-order valence-corrected chi connectivity index (χ1v) is 7.42. The molecule has 1 aromatic rings. The van der Waals surface area contributed by atoms with E-state index in [1.165, 1.54) is 0 Å². The summed E-state index contributed by atoms with van der Waals surface area (Å²) in [6, 6.07) is 9.37. The smallest absolute Gasteiger partial charge is 0.333 e. The lowest BCUT2D eigenvalue weighted by Crippen LogP contribution is -2.15. The largest absolute Gasteiger partial charge is 0.490 e. The average molecular weight is 308 g/mol. The molecule has 0 saturated heterocycles. The van der Waals surface area contributed by atoms with Crippen molar-refractivity contribution < 1.29 is 23.7 Å². The van der Waals surface area contributed by atoms with E-state index in [2.05, 4.69) is 6.58 Å². The maximum atomic E-state index is 11.7. The van der Waals surface area contributed by atoms with Crippen LogP contribution in [-0.2, 0) is 19.0 Å². The molecule has 0 N–H and O–H groups in total. The highest BCUT2D eigenvalue weighted by atomic mass is 16.6. The van der Waals surface area contributed by atoms with Crippen LogP contribution in [0, 0.1) is 0 Å². The molecule has 0 radical (unpaired) electrons. The highest BCUT2D eigenvalue weighted by molar-refractivity contribution is 5.87. The fourth-order valence-electron chi connectivity index (χ4n) is 1.57. The lowest BCUT2D eigenvalue weighted by atomic mass is 10.2. The predicted octanol–water partition coefficient (Wildman–Crippen LogP) is 2.61. The van der Waals surface area contributed by atoms with Crippen molar-refractivity contribution in [2.75, 3.05) is 39.6 Å². The Hall–Kier alpha value is -1.85. The van der Waals surface area contributed by atoms with Gasteiger partial charge < -0.3 is 18.9 Å².